The van der Waals surface area contributed by atoms with Gasteiger partial charge in [0.05, 0.1) is 24.5 Å². The molecule has 3 aromatic rings. The molecular formula is C24H27F3N8O2. The molecule has 0 aliphatic carbocycles. The van der Waals surface area contributed by atoms with E-state index < -0.39 is 23.1 Å². The zero-order chi connectivity index (χ0) is 26.4. The minimum Gasteiger partial charge on any atom is -0.382 e. The molecule has 1 aliphatic heterocycles. The number of aromatic amines is 2. The lowest BCUT2D eigenvalue weighted by Gasteiger charge is -2.26. The number of rotatable bonds is 8. The third kappa shape index (κ3) is 6.62. The van der Waals surface area contributed by atoms with E-state index in [1.807, 2.05) is 0 Å². The number of nitrogens with zero attached hydrogens (tertiary/aromatic N) is 4. The number of halogens is 3. The van der Waals surface area contributed by atoms with Gasteiger partial charge in [-0.15, -0.1) is 0 Å². The van der Waals surface area contributed by atoms with Crippen LogP contribution in [0.5, 0.6) is 0 Å². The maximum atomic E-state index is 15.0. The third-order valence-electron chi connectivity index (χ3n) is 5.67. The first kappa shape index (κ1) is 26.1. The fourth-order valence-corrected chi connectivity index (χ4v) is 3.62. The predicted octanol–water partition coefficient (Wildman–Crippen LogP) is 2.47. The first-order valence-corrected chi connectivity index (χ1v) is 11.6. The number of alkyl halides is 2. The summed E-state index contributed by atoms with van der Waals surface area (Å²) in [6.45, 7) is 5.79. The number of morpholine rings is 1. The van der Waals surface area contributed by atoms with Gasteiger partial charge in [0.1, 0.15) is 5.82 Å². The molecule has 3 heterocycles. The van der Waals surface area contributed by atoms with Crippen molar-refractivity contribution in [2.45, 2.75) is 12.8 Å². The van der Waals surface area contributed by atoms with Crippen LogP contribution >= 0.6 is 0 Å². The minimum atomic E-state index is -3.71. The van der Waals surface area contributed by atoms with Gasteiger partial charge in [-0.1, -0.05) is 0 Å². The number of nitrogens with two attached hydrogens (primary N) is 1. The van der Waals surface area contributed by atoms with Crippen molar-refractivity contribution in [2.75, 3.05) is 39.4 Å². The van der Waals surface area contributed by atoms with E-state index in [0.717, 1.165) is 37.4 Å². The molecule has 13 heteroatoms. The molecule has 2 aromatic heterocycles. The molecule has 4 rings (SSSR count). The first-order chi connectivity index (χ1) is 17.7. The molecule has 0 bridgehead atoms. The molecule has 1 saturated heterocycles. The van der Waals surface area contributed by atoms with Gasteiger partial charge >= 0.3 is 5.92 Å². The number of amides is 1. The number of hydrogen-bond donors (Lipinski definition) is 4. The smallest absolute Gasteiger partial charge is 0.329 e. The summed E-state index contributed by atoms with van der Waals surface area (Å²) in [7, 11) is 0. The lowest BCUT2D eigenvalue weighted by atomic mass is 10.1. The Morgan fingerprint density at radius 3 is 2.65 bits per heavy atom. The average Bonchev–Trinajstić information content (AvgIpc) is 3.54. The van der Waals surface area contributed by atoms with Crippen LogP contribution in [0, 0.1) is 12.7 Å². The number of aliphatic imine (C=N–C) groups is 2. The van der Waals surface area contributed by atoms with E-state index in [0.29, 0.717) is 32.0 Å². The monoisotopic (exact) mass is 516 g/mol. The second-order valence-electron chi connectivity index (χ2n) is 8.43. The van der Waals surface area contributed by atoms with E-state index >= 15 is 0 Å². The Hall–Kier alpha value is -3.97. The number of hydrogen-bond acceptors (Lipinski definition) is 5. The fourth-order valence-electron chi connectivity index (χ4n) is 3.62. The van der Waals surface area contributed by atoms with E-state index in [2.05, 4.69) is 35.4 Å². The second-order valence-corrected chi connectivity index (χ2v) is 8.43. The van der Waals surface area contributed by atoms with E-state index in [1.165, 1.54) is 12.3 Å². The summed E-state index contributed by atoms with van der Waals surface area (Å²) in [5.41, 5.74) is 6.32. The van der Waals surface area contributed by atoms with Crippen LogP contribution in [0.1, 0.15) is 27.3 Å². The fraction of sp³-hybridized carbons (Fsp3) is 0.333. The highest BCUT2D eigenvalue weighted by molar-refractivity contribution is 6.09. The van der Waals surface area contributed by atoms with Crippen LogP contribution in [0.2, 0.25) is 0 Å². The second kappa shape index (κ2) is 11.4. The number of carbonyl (C=O) groups is 1. The van der Waals surface area contributed by atoms with Crippen molar-refractivity contribution >= 4 is 23.4 Å². The average molecular weight is 517 g/mol. The van der Waals surface area contributed by atoms with Crippen LogP contribution in [0.4, 0.5) is 19.0 Å². The summed E-state index contributed by atoms with van der Waals surface area (Å²) in [5, 5.41) is 9.53. The zero-order valence-electron chi connectivity index (χ0n) is 20.1. The Morgan fingerprint density at radius 1 is 1.24 bits per heavy atom. The van der Waals surface area contributed by atoms with Crippen molar-refractivity contribution in [2.24, 2.45) is 15.7 Å². The molecule has 0 atom stereocenters. The topological polar surface area (TPSA) is 137 Å². The largest absolute Gasteiger partial charge is 0.382 e. The lowest BCUT2D eigenvalue weighted by Crippen LogP contribution is -2.41. The summed E-state index contributed by atoms with van der Waals surface area (Å²) in [5.74, 6) is -5.80. The van der Waals surface area contributed by atoms with Crippen LogP contribution in [-0.2, 0) is 10.7 Å². The predicted molar refractivity (Wildman–Crippen MR) is 132 cm³/mol. The number of nitrogens with one attached hydrogen (secondary N) is 3. The summed E-state index contributed by atoms with van der Waals surface area (Å²) in [6.07, 6.45) is 1.43. The Labute approximate surface area is 210 Å². The number of amidine groups is 2. The number of ether oxygens (including phenoxy) is 1. The van der Waals surface area contributed by atoms with Crippen molar-refractivity contribution in [1.82, 2.24) is 25.4 Å². The molecular weight excluding hydrogens is 489 g/mol. The van der Waals surface area contributed by atoms with Crippen molar-refractivity contribution in [3.63, 3.8) is 0 Å². The van der Waals surface area contributed by atoms with Crippen LogP contribution in [0.3, 0.4) is 0 Å². The normalized spacial score (nSPS) is 15.7. The van der Waals surface area contributed by atoms with Crippen LogP contribution in [-0.4, -0.2) is 77.1 Å². The maximum absolute atomic E-state index is 15.0. The van der Waals surface area contributed by atoms with Gasteiger partial charge in [-0.25, -0.2) is 14.4 Å². The molecule has 1 aliphatic rings. The minimum absolute atomic E-state index is 0.178. The molecule has 37 heavy (non-hydrogen) atoms. The Morgan fingerprint density at radius 2 is 1.97 bits per heavy atom. The first-order valence-electron chi connectivity index (χ1n) is 11.6. The maximum Gasteiger partial charge on any atom is 0.329 e. The van der Waals surface area contributed by atoms with Gasteiger partial charge in [0.15, 0.2) is 17.5 Å². The molecule has 0 spiro atoms. The van der Waals surface area contributed by atoms with Gasteiger partial charge in [0, 0.05) is 49.7 Å². The summed E-state index contributed by atoms with van der Waals surface area (Å²) in [4.78, 5) is 25.8. The highest BCUT2D eigenvalue weighted by atomic mass is 19.3. The molecule has 0 radical (unpaired) electrons. The summed E-state index contributed by atoms with van der Waals surface area (Å²) in [6, 6.07) is 6.71. The molecule has 10 nitrogen and oxygen atoms in total. The van der Waals surface area contributed by atoms with E-state index in [4.69, 9.17) is 10.5 Å². The van der Waals surface area contributed by atoms with Crippen molar-refractivity contribution in [1.29, 1.82) is 0 Å². The molecule has 1 fully saturated rings. The van der Waals surface area contributed by atoms with Gasteiger partial charge in [-0.2, -0.15) is 13.9 Å². The van der Waals surface area contributed by atoms with Gasteiger partial charge in [-0.05, 0) is 37.3 Å². The third-order valence-corrected chi connectivity index (χ3v) is 5.67. The Balaban J connectivity index is 1.55. The SMILES string of the molecule is Cc1cc(N=C(N=C(N)C(F)(F)c2ccc(F)cc2)c2cc(C(=O)NCCN3CCOCC3)c[nH]2)n[nH]1. The summed E-state index contributed by atoms with van der Waals surface area (Å²) >= 11 is 0. The van der Waals surface area contributed by atoms with Crippen molar-refractivity contribution in [3.8, 4) is 0 Å². The molecule has 5 N–H and O–H groups in total. The van der Waals surface area contributed by atoms with E-state index in [-0.39, 0.29) is 28.8 Å². The molecule has 196 valence electrons. The lowest BCUT2D eigenvalue weighted by molar-refractivity contribution is 0.0383. The van der Waals surface area contributed by atoms with Crippen LogP contribution in [0.15, 0.2) is 52.6 Å². The van der Waals surface area contributed by atoms with Gasteiger partial charge < -0.3 is 20.8 Å². The van der Waals surface area contributed by atoms with Crippen LogP contribution < -0.4 is 11.1 Å². The summed E-state index contributed by atoms with van der Waals surface area (Å²) < 4.78 is 48.5. The van der Waals surface area contributed by atoms with Crippen LogP contribution in [0.25, 0.3) is 0 Å². The highest BCUT2D eigenvalue weighted by Crippen LogP contribution is 2.29. The van der Waals surface area contributed by atoms with Crippen molar-refractivity contribution < 1.29 is 22.7 Å². The number of carbonyl (C=O) groups excluding carboxylic acids is 1. The molecule has 1 amide bonds. The Bertz CT molecular complexity index is 1280. The molecule has 0 unspecified atom stereocenters. The molecule has 1 aromatic carbocycles. The quantitative estimate of drug-likeness (QED) is 0.269. The number of aryl methyl sites for hydroxylation is 1. The highest BCUT2D eigenvalue weighted by Gasteiger charge is 2.37. The van der Waals surface area contributed by atoms with Gasteiger partial charge in [0.25, 0.3) is 5.91 Å². The number of H-pyrrole nitrogens is 2. The Kier molecular flexibility index (Phi) is 8.04. The van der Waals surface area contributed by atoms with E-state index in [9.17, 15) is 18.0 Å². The van der Waals surface area contributed by atoms with Gasteiger partial charge in [-0.3, -0.25) is 14.8 Å². The zero-order valence-corrected chi connectivity index (χ0v) is 20.1. The molecule has 0 saturated carbocycles. The van der Waals surface area contributed by atoms with E-state index in [1.54, 1.807) is 13.0 Å². The number of benzene rings is 1. The van der Waals surface area contributed by atoms with Crippen molar-refractivity contribution in [3.05, 3.63) is 70.9 Å². The van der Waals surface area contributed by atoms with Gasteiger partial charge in [0.2, 0.25) is 0 Å². The number of aromatic nitrogens is 3. The standard InChI is InChI=1S/C24H27F3N8O2/c1-15-12-20(34-33-15)31-21(32-23(28)24(26,27)17-2-4-18(25)5-3-17)19-13-16(14-30-19)22(36)29-6-7-35-8-10-37-11-9-35/h2-5,12-14,30H,6-11H2,1H3,(H,29,36)(H3,28,31,32,33,34).